The normalized spacial score (nSPS) is 11.0. The third-order valence-corrected chi connectivity index (χ3v) is 7.83. The number of thioether (sulfide) groups is 1. The van der Waals surface area contributed by atoms with Gasteiger partial charge in [-0.3, -0.25) is 9.10 Å². The Hall–Kier alpha value is -2.88. The van der Waals surface area contributed by atoms with Crippen molar-refractivity contribution in [2.24, 2.45) is 0 Å². The zero-order valence-corrected chi connectivity index (χ0v) is 21.1. The lowest BCUT2D eigenvalue weighted by Gasteiger charge is -2.25. The lowest BCUT2D eigenvalue weighted by molar-refractivity contribution is -0.119. The second kappa shape index (κ2) is 12.0. The van der Waals surface area contributed by atoms with Crippen LogP contribution in [0.4, 0.5) is 5.69 Å². The highest BCUT2D eigenvalue weighted by Crippen LogP contribution is 2.33. The van der Waals surface area contributed by atoms with Crippen LogP contribution < -0.4 is 19.1 Å². The molecule has 0 unspecified atom stereocenters. The van der Waals surface area contributed by atoms with Crippen molar-refractivity contribution in [2.75, 3.05) is 37.4 Å². The first-order valence-corrected chi connectivity index (χ1v) is 13.1. The molecule has 0 aliphatic rings. The summed E-state index contributed by atoms with van der Waals surface area (Å²) in [6.45, 7) is -0.0182. The van der Waals surface area contributed by atoms with E-state index in [9.17, 15) is 13.2 Å². The maximum Gasteiger partial charge on any atom is 0.264 e. The van der Waals surface area contributed by atoms with Gasteiger partial charge in [-0.2, -0.15) is 0 Å². The molecule has 0 radical (unpaired) electrons. The molecule has 180 valence electrons. The minimum Gasteiger partial charge on any atom is -0.493 e. The van der Waals surface area contributed by atoms with E-state index in [4.69, 9.17) is 21.1 Å². The molecular weight excluding hydrogens is 496 g/mol. The summed E-state index contributed by atoms with van der Waals surface area (Å²) in [7, 11) is -1.06. The van der Waals surface area contributed by atoms with Gasteiger partial charge in [0.05, 0.1) is 24.8 Å². The third-order valence-electron chi connectivity index (χ3n) is 4.78. The number of hydrogen-bond donors (Lipinski definition) is 1. The van der Waals surface area contributed by atoms with Gasteiger partial charge in [-0.1, -0.05) is 29.8 Å². The molecule has 0 aromatic heterocycles. The van der Waals surface area contributed by atoms with Gasteiger partial charge in [0.25, 0.3) is 10.0 Å². The van der Waals surface area contributed by atoms with E-state index in [2.05, 4.69) is 5.32 Å². The Labute approximate surface area is 209 Å². The summed E-state index contributed by atoms with van der Waals surface area (Å²) < 4.78 is 38.5. The molecule has 0 heterocycles. The van der Waals surface area contributed by atoms with E-state index in [0.717, 1.165) is 9.20 Å². The lowest BCUT2D eigenvalue weighted by Crippen LogP contribution is -2.41. The number of halogens is 1. The maximum absolute atomic E-state index is 13.4. The van der Waals surface area contributed by atoms with Gasteiger partial charge < -0.3 is 14.8 Å². The smallest absolute Gasteiger partial charge is 0.264 e. The number of carbonyl (C=O) groups is 1. The van der Waals surface area contributed by atoms with E-state index in [1.165, 1.54) is 32.4 Å². The number of ether oxygens (including phenoxy) is 2. The fourth-order valence-corrected chi connectivity index (χ4v) is 5.42. The van der Waals surface area contributed by atoms with E-state index < -0.39 is 22.5 Å². The van der Waals surface area contributed by atoms with Gasteiger partial charge >= 0.3 is 0 Å². The van der Waals surface area contributed by atoms with Crippen LogP contribution in [0.3, 0.4) is 0 Å². The molecule has 0 atom stereocenters. The van der Waals surface area contributed by atoms with Gasteiger partial charge in [-0.05, 0) is 48.5 Å². The number of methoxy groups -OCH3 is 2. The highest BCUT2D eigenvalue weighted by Gasteiger charge is 2.28. The fraction of sp³-hybridized carbons (Fsp3) is 0.208. The van der Waals surface area contributed by atoms with Crippen LogP contribution in [-0.4, -0.2) is 47.4 Å². The van der Waals surface area contributed by atoms with E-state index in [1.807, 2.05) is 12.1 Å². The van der Waals surface area contributed by atoms with Crippen molar-refractivity contribution in [3.05, 3.63) is 77.8 Å². The molecule has 0 bridgehead atoms. The van der Waals surface area contributed by atoms with Crippen LogP contribution in [0.15, 0.2) is 82.6 Å². The zero-order chi connectivity index (χ0) is 24.6. The summed E-state index contributed by atoms with van der Waals surface area (Å²) >= 11 is 7.46. The zero-order valence-electron chi connectivity index (χ0n) is 18.7. The quantitative estimate of drug-likeness (QED) is 0.297. The number of amides is 1. The van der Waals surface area contributed by atoms with Crippen LogP contribution in [0.1, 0.15) is 0 Å². The number of nitrogens with one attached hydrogen (secondary N) is 1. The highest BCUT2D eigenvalue weighted by atomic mass is 35.5. The lowest BCUT2D eigenvalue weighted by atomic mass is 10.2. The molecule has 1 N–H and O–H groups in total. The number of sulfonamides is 1. The Kier molecular flexibility index (Phi) is 9.09. The summed E-state index contributed by atoms with van der Waals surface area (Å²) in [4.78, 5) is 13.8. The molecule has 10 heteroatoms. The Bertz CT molecular complexity index is 1210. The second-order valence-corrected chi connectivity index (χ2v) is 10.5. The number of nitrogens with zero attached hydrogens (tertiary/aromatic N) is 1. The van der Waals surface area contributed by atoms with E-state index in [0.29, 0.717) is 28.8 Å². The topological polar surface area (TPSA) is 84.9 Å². The average molecular weight is 521 g/mol. The number of carbonyl (C=O) groups excluding carboxylic acids is 1. The average Bonchev–Trinajstić information content (AvgIpc) is 2.86. The van der Waals surface area contributed by atoms with Crippen LogP contribution >= 0.6 is 23.4 Å². The monoisotopic (exact) mass is 520 g/mol. The first kappa shape index (κ1) is 25.7. The maximum atomic E-state index is 13.4. The van der Waals surface area contributed by atoms with Gasteiger partial charge in [0.2, 0.25) is 5.91 Å². The van der Waals surface area contributed by atoms with Crippen LogP contribution in [0, 0.1) is 0 Å². The van der Waals surface area contributed by atoms with Gasteiger partial charge in [-0.25, -0.2) is 8.42 Å². The molecule has 0 fully saturated rings. The van der Waals surface area contributed by atoms with Crippen LogP contribution in [-0.2, 0) is 14.8 Å². The molecule has 1 amide bonds. The standard InChI is InChI=1S/C24H25ClN2O5S2/c1-31-22-13-10-19(16-23(22)32-2)27(34(29,30)21-6-4-3-5-7-21)17-24(28)26-14-15-33-20-11-8-18(25)9-12-20/h3-13,16H,14-15,17H2,1-2H3,(H,26,28). The largest absolute Gasteiger partial charge is 0.493 e. The van der Waals surface area contributed by atoms with Crippen LogP contribution in [0.5, 0.6) is 11.5 Å². The first-order valence-electron chi connectivity index (χ1n) is 10.3. The molecule has 7 nitrogen and oxygen atoms in total. The number of benzene rings is 3. The van der Waals surface area contributed by atoms with Crippen molar-refractivity contribution in [3.63, 3.8) is 0 Å². The van der Waals surface area contributed by atoms with Crippen molar-refractivity contribution in [1.29, 1.82) is 0 Å². The molecule has 3 rings (SSSR count). The fourth-order valence-electron chi connectivity index (χ4n) is 3.09. The van der Waals surface area contributed by atoms with Gasteiger partial charge in [0.15, 0.2) is 11.5 Å². The number of hydrogen-bond acceptors (Lipinski definition) is 6. The summed E-state index contributed by atoms with van der Waals surface area (Å²) in [6, 6.07) is 20.1. The first-order chi connectivity index (χ1) is 16.3. The van der Waals surface area contributed by atoms with E-state index in [-0.39, 0.29) is 10.6 Å². The molecule has 34 heavy (non-hydrogen) atoms. The molecule has 0 aliphatic heterocycles. The molecule has 0 spiro atoms. The second-order valence-electron chi connectivity index (χ2n) is 7.02. The molecule has 0 saturated carbocycles. The molecule has 3 aromatic carbocycles. The van der Waals surface area contributed by atoms with Gasteiger partial charge in [0.1, 0.15) is 6.54 Å². The molecule has 0 aliphatic carbocycles. The molecular formula is C24H25ClN2O5S2. The summed E-state index contributed by atoms with van der Waals surface area (Å²) in [5.74, 6) is 1.00. The van der Waals surface area contributed by atoms with Crippen molar-refractivity contribution in [2.45, 2.75) is 9.79 Å². The van der Waals surface area contributed by atoms with Crippen LogP contribution in [0.25, 0.3) is 0 Å². The Morgan fingerprint density at radius 2 is 1.65 bits per heavy atom. The van der Waals surface area contributed by atoms with Gasteiger partial charge in [-0.15, -0.1) is 11.8 Å². The predicted octanol–water partition coefficient (Wildman–Crippen LogP) is 4.46. The van der Waals surface area contributed by atoms with Crippen molar-refractivity contribution in [3.8, 4) is 11.5 Å². The number of anilines is 1. The Morgan fingerprint density at radius 3 is 2.29 bits per heavy atom. The van der Waals surface area contributed by atoms with Crippen molar-refractivity contribution in [1.82, 2.24) is 5.32 Å². The third kappa shape index (κ3) is 6.59. The van der Waals surface area contributed by atoms with Crippen molar-refractivity contribution < 1.29 is 22.7 Å². The minimum atomic E-state index is -4.01. The minimum absolute atomic E-state index is 0.0795. The molecule has 3 aromatic rings. The predicted molar refractivity (Wildman–Crippen MR) is 136 cm³/mol. The highest BCUT2D eigenvalue weighted by molar-refractivity contribution is 7.99. The Morgan fingerprint density at radius 1 is 0.971 bits per heavy atom. The summed E-state index contributed by atoms with van der Waals surface area (Å²) in [6.07, 6.45) is 0. The van der Waals surface area contributed by atoms with E-state index in [1.54, 1.807) is 54.2 Å². The molecule has 0 saturated heterocycles. The SMILES string of the molecule is COc1ccc(N(CC(=O)NCCSc2ccc(Cl)cc2)S(=O)(=O)c2ccccc2)cc1OC. The van der Waals surface area contributed by atoms with E-state index >= 15 is 0 Å². The Balaban J connectivity index is 1.76. The van der Waals surface area contributed by atoms with Crippen molar-refractivity contribution >= 4 is 45.0 Å². The summed E-state index contributed by atoms with van der Waals surface area (Å²) in [5, 5.41) is 3.45. The summed E-state index contributed by atoms with van der Waals surface area (Å²) in [5.41, 5.74) is 0.284. The van der Waals surface area contributed by atoms with Gasteiger partial charge in [0, 0.05) is 28.3 Å². The number of rotatable bonds is 11. The van der Waals surface area contributed by atoms with Crippen LogP contribution in [0.2, 0.25) is 5.02 Å².